The number of aromatic nitrogens is 4. The molecule has 0 fully saturated rings. The molecule has 0 spiro atoms. The highest BCUT2D eigenvalue weighted by molar-refractivity contribution is 7.99. The molecule has 0 aliphatic carbocycles. The summed E-state index contributed by atoms with van der Waals surface area (Å²) in [5.41, 5.74) is 1.68. The fraction of sp³-hybridized carbons (Fsp3) is 0.176. The minimum absolute atomic E-state index is 0.177. The first-order valence-electron chi connectivity index (χ1n) is 8.00. The van der Waals surface area contributed by atoms with Gasteiger partial charge in [-0.2, -0.15) is 4.98 Å². The molecule has 3 heterocycles. The van der Waals surface area contributed by atoms with Crippen molar-refractivity contribution in [1.29, 1.82) is 0 Å². The van der Waals surface area contributed by atoms with Crippen molar-refractivity contribution in [2.24, 2.45) is 0 Å². The van der Waals surface area contributed by atoms with E-state index in [0.29, 0.717) is 16.5 Å². The molecule has 0 bridgehead atoms. The van der Waals surface area contributed by atoms with Crippen molar-refractivity contribution in [1.82, 2.24) is 20.2 Å². The molecule has 0 saturated heterocycles. The topological polar surface area (TPSA) is 86.8 Å². The van der Waals surface area contributed by atoms with Gasteiger partial charge in [-0.25, -0.2) is 0 Å². The van der Waals surface area contributed by atoms with E-state index in [0.717, 1.165) is 22.9 Å². The highest BCUT2D eigenvalue weighted by Gasteiger charge is 2.20. The Morgan fingerprint density at radius 1 is 1.35 bits per heavy atom. The number of H-pyrrole nitrogens is 1. The molecule has 2 aromatic heterocycles. The average molecular weight is 387 g/mol. The van der Waals surface area contributed by atoms with Gasteiger partial charge < -0.3 is 4.90 Å². The molecular weight excluding hydrogens is 372 g/mol. The van der Waals surface area contributed by atoms with E-state index in [1.54, 1.807) is 18.0 Å². The number of carbonyl (C=O) groups is 1. The number of hydrogen-bond donors (Lipinski definition) is 2. The second-order valence-electron chi connectivity index (χ2n) is 5.65. The van der Waals surface area contributed by atoms with Crippen LogP contribution in [0.2, 0.25) is 5.02 Å². The van der Waals surface area contributed by atoms with E-state index in [2.05, 4.69) is 25.5 Å². The highest BCUT2D eigenvalue weighted by atomic mass is 35.5. The first-order chi connectivity index (χ1) is 12.7. The number of hydrogen-bond acceptors (Lipinski definition) is 6. The highest BCUT2D eigenvalue weighted by Crippen LogP contribution is 2.36. The molecule has 7 nitrogen and oxygen atoms in total. The molecule has 0 atom stereocenters. The van der Waals surface area contributed by atoms with E-state index in [4.69, 9.17) is 11.6 Å². The fourth-order valence-electron chi connectivity index (χ4n) is 2.69. The van der Waals surface area contributed by atoms with Crippen LogP contribution in [0.5, 0.6) is 0 Å². The standard InChI is InChI=1S/C17H15ClN6OS/c18-11-4-5-13-14(9-11)26-8-7-24(13)10-15(25)20-17-21-16(22-23-17)12-3-1-2-6-19-12/h1-6,9H,7-8,10H2,(H2,20,21,22,23,25). The maximum Gasteiger partial charge on any atom is 0.249 e. The fourth-order valence-corrected chi connectivity index (χ4v) is 4.01. The van der Waals surface area contributed by atoms with Crippen LogP contribution in [0, 0.1) is 0 Å². The molecule has 0 radical (unpaired) electrons. The molecule has 1 aromatic carbocycles. The lowest BCUT2D eigenvalue weighted by molar-refractivity contribution is -0.115. The summed E-state index contributed by atoms with van der Waals surface area (Å²) < 4.78 is 0. The lowest BCUT2D eigenvalue weighted by Gasteiger charge is -2.30. The van der Waals surface area contributed by atoms with Gasteiger partial charge >= 0.3 is 0 Å². The Hall–Kier alpha value is -2.58. The number of amides is 1. The summed E-state index contributed by atoms with van der Waals surface area (Å²) in [6.07, 6.45) is 1.67. The SMILES string of the molecule is O=C(CN1CCSc2cc(Cl)ccc21)Nc1n[nH]c(-c2ccccn2)n1. The Bertz CT molecular complexity index is 932. The summed E-state index contributed by atoms with van der Waals surface area (Å²) in [7, 11) is 0. The maximum atomic E-state index is 12.4. The Morgan fingerprint density at radius 3 is 3.12 bits per heavy atom. The number of rotatable bonds is 4. The van der Waals surface area contributed by atoms with Crippen LogP contribution >= 0.6 is 23.4 Å². The molecule has 132 valence electrons. The number of nitrogens with zero attached hydrogens (tertiary/aromatic N) is 4. The van der Waals surface area contributed by atoms with Gasteiger partial charge in [0.25, 0.3) is 0 Å². The molecular formula is C17H15ClN6OS. The summed E-state index contributed by atoms with van der Waals surface area (Å²) in [5, 5.41) is 10.2. The van der Waals surface area contributed by atoms with Crippen LogP contribution in [0.3, 0.4) is 0 Å². The number of aromatic amines is 1. The number of pyridine rings is 1. The van der Waals surface area contributed by atoms with Crippen molar-refractivity contribution in [3.05, 3.63) is 47.6 Å². The third-order valence-corrected chi connectivity index (χ3v) is 5.12. The zero-order valence-corrected chi connectivity index (χ0v) is 15.2. The van der Waals surface area contributed by atoms with E-state index < -0.39 is 0 Å². The van der Waals surface area contributed by atoms with Crippen LogP contribution in [0.1, 0.15) is 0 Å². The first-order valence-corrected chi connectivity index (χ1v) is 9.36. The third kappa shape index (κ3) is 3.66. The summed E-state index contributed by atoms with van der Waals surface area (Å²) in [4.78, 5) is 24.0. The average Bonchev–Trinajstić information content (AvgIpc) is 3.11. The first kappa shape index (κ1) is 16.9. The van der Waals surface area contributed by atoms with Gasteiger partial charge in [0.15, 0.2) is 5.82 Å². The number of benzene rings is 1. The lowest BCUT2D eigenvalue weighted by Crippen LogP contribution is -2.36. The van der Waals surface area contributed by atoms with E-state index in [-0.39, 0.29) is 18.4 Å². The van der Waals surface area contributed by atoms with E-state index in [9.17, 15) is 4.79 Å². The van der Waals surface area contributed by atoms with Gasteiger partial charge in [-0.15, -0.1) is 16.9 Å². The molecule has 26 heavy (non-hydrogen) atoms. The summed E-state index contributed by atoms with van der Waals surface area (Å²) >= 11 is 7.80. The Kier molecular flexibility index (Phi) is 4.77. The maximum absolute atomic E-state index is 12.4. The molecule has 0 saturated carbocycles. The number of thioether (sulfide) groups is 1. The number of nitrogens with one attached hydrogen (secondary N) is 2. The minimum Gasteiger partial charge on any atom is -0.360 e. The molecule has 1 aliphatic rings. The van der Waals surface area contributed by atoms with Crippen molar-refractivity contribution in [3.63, 3.8) is 0 Å². The minimum atomic E-state index is -0.177. The predicted molar refractivity (Wildman–Crippen MR) is 103 cm³/mol. The van der Waals surface area contributed by atoms with Gasteiger partial charge in [-0.05, 0) is 30.3 Å². The molecule has 1 amide bonds. The molecule has 2 N–H and O–H groups in total. The van der Waals surface area contributed by atoms with Crippen molar-refractivity contribution < 1.29 is 4.79 Å². The lowest BCUT2D eigenvalue weighted by atomic mass is 10.2. The molecule has 3 aromatic rings. The van der Waals surface area contributed by atoms with Crippen molar-refractivity contribution >= 4 is 40.9 Å². The largest absolute Gasteiger partial charge is 0.360 e. The number of fused-ring (bicyclic) bond motifs is 1. The zero-order chi connectivity index (χ0) is 17.9. The van der Waals surface area contributed by atoms with Gasteiger partial charge in [0, 0.05) is 28.4 Å². The zero-order valence-electron chi connectivity index (χ0n) is 13.6. The van der Waals surface area contributed by atoms with E-state index in [1.807, 2.05) is 41.3 Å². The summed E-state index contributed by atoms with van der Waals surface area (Å²) in [6, 6.07) is 11.2. The second kappa shape index (κ2) is 7.35. The quantitative estimate of drug-likeness (QED) is 0.716. The summed E-state index contributed by atoms with van der Waals surface area (Å²) in [5.74, 6) is 1.48. The Labute approximate surface area is 159 Å². The Morgan fingerprint density at radius 2 is 2.27 bits per heavy atom. The van der Waals surface area contributed by atoms with Crippen molar-refractivity contribution in [2.75, 3.05) is 29.1 Å². The van der Waals surface area contributed by atoms with E-state index >= 15 is 0 Å². The van der Waals surface area contributed by atoms with Gasteiger partial charge in [0.05, 0.1) is 12.2 Å². The van der Waals surface area contributed by atoms with Crippen LogP contribution < -0.4 is 10.2 Å². The predicted octanol–water partition coefficient (Wildman–Crippen LogP) is 3.07. The van der Waals surface area contributed by atoms with Crippen LogP contribution in [0.25, 0.3) is 11.5 Å². The van der Waals surface area contributed by atoms with E-state index in [1.165, 1.54) is 0 Å². The van der Waals surface area contributed by atoms with Crippen LogP contribution in [-0.4, -0.2) is 44.9 Å². The third-order valence-electron chi connectivity index (χ3n) is 3.86. The monoisotopic (exact) mass is 386 g/mol. The number of carbonyl (C=O) groups excluding carboxylic acids is 1. The van der Waals surface area contributed by atoms with Crippen LogP contribution in [0.4, 0.5) is 11.6 Å². The smallest absolute Gasteiger partial charge is 0.249 e. The van der Waals surface area contributed by atoms with Gasteiger partial charge in [-0.3, -0.25) is 20.2 Å². The van der Waals surface area contributed by atoms with Crippen molar-refractivity contribution in [2.45, 2.75) is 4.90 Å². The second-order valence-corrected chi connectivity index (χ2v) is 7.23. The Balaban J connectivity index is 1.43. The normalized spacial score (nSPS) is 13.3. The molecule has 4 rings (SSSR count). The molecule has 9 heteroatoms. The van der Waals surface area contributed by atoms with Gasteiger partial charge in [0.2, 0.25) is 11.9 Å². The summed E-state index contributed by atoms with van der Waals surface area (Å²) in [6.45, 7) is 1.02. The number of halogens is 1. The van der Waals surface area contributed by atoms with Crippen molar-refractivity contribution in [3.8, 4) is 11.5 Å². The van der Waals surface area contributed by atoms with Crippen LogP contribution in [0.15, 0.2) is 47.5 Å². The van der Waals surface area contributed by atoms with Crippen LogP contribution in [-0.2, 0) is 4.79 Å². The van der Waals surface area contributed by atoms with Gasteiger partial charge in [0.1, 0.15) is 5.69 Å². The van der Waals surface area contributed by atoms with Gasteiger partial charge in [-0.1, -0.05) is 17.7 Å². The molecule has 1 aliphatic heterocycles. The molecule has 0 unspecified atom stereocenters. The number of anilines is 2.